The Kier molecular flexibility index (Phi) is 3.97. The van der Waals surface area contributed by atoms with Crippen LogP contribution in [0.2, 0.25) is 0 Å². The van der Waals surface area contributed by atoms with Crippen molar-refractivity contribution in [3.05, 3.63) is 70.7 Å². The first-order valence-corrected chi connectivity index (χ1v) is 8.78. The number of allylic oxidation sites excluding steroid dienone is 1. The van der Waals surface area contributed by atoms with Crippen molar-refractivity contribution < 1.29 is 4.39 Å². The Hall–Kier alpha value is -2.39. The Balaban J connectivity index is 1.90. The predicted molar refractivity (Wildman–Crippen MR) is 103 cm³/mol. The molecule has 128 valence electrons. The number of hydrogen-bond donors (Lipinski definition) is 0. The highest BCUT2D eigenvalue weighted by molar-refractivity contribution is 5.90. The molecule has 0 saturated heterocycles. The summed E-state index contributed by atoms with van der Waals surface area (Å²) in [6, 6.07) is 13.4. The molecule has 2 heterocycles. The van der Waals surface area contributed by atoms with Gasteiger partial charge in [0.1, 0.15) is 5.82 Å². The molecule has 0 atom stereocenters. The van der Waals surface area contributed by atoms with Gasteiger partial charge in [-0.3, -0.25) is 0 Å². The lowest BCUT2D eigenvalue weighted by atomic mass is 10.0. The molecular weight excluding hydrogens is 311 g/mol. The molecule has 25 heavy (non-hydrogen) atoms. The van der Waals surface area contributed by atoms with Crippen molar-refractivity contribution in [1.29, 1.82) is 0 Å². The van der Waals surface area contributed by atoms with Gasteiger partial charge in [0, 0.05) is 30.4 Å². The second-order valence-corrected chi connectivity index (χ2v) is 7.12. The van der Waals surface area contributed by atoms with E-state index in [1.54, 1.807) is 0 Å². The van der Waals surface area contributed by atoms with E-state index in [-0.39, 0.29) is 5.82 Å². The van der Waals surface area contributed by atoms with E-state index in [2.05, 4.69) is 54.8 Å². The van der Waals surface area contributed by atoms with Gasteiger partial charge in [0.25, 0.3) is 0 Å². The van der Waals surface area contributed by atoms with Crippen LogP contribution in [0.15, 0.2) is 42.5 Å². The summed E-state index contributed by atoms with van der Waals surface area (Å²) in [7, 11) is 2.17. The van der Waals surface area contributed by atoms with E-state index in [1.165, 1.54) is 39.9 Å². The van der Waals surface area contributed by atoms with Gasteiger partial charge < -0.3 is 9.47 Å². The minimum atomic E-state index is -0.197. The molecule has 0 amide bonds. The van der Waals surface area contributed by atoms with Gasteiger partial charge in [-0.2, -0.15) is 0 Å². The average molecular weight is 334 g/mol. The monoisotopic (exact) mass is 334 g/mol. The van der Waals surface area contributed by atoms with Gasteiger partial charge in [-0.15, -0.1) is 0 Å². The Morgan fingerprint density at radius 3 is 2.64 bits per heavy atom. The number of fused-ring (bicyclic) bond motifs is 3. The van der Waals surface area contributed by atoms with Gasteiger partial charge in [-0.25, -0.2) is 4.39 Å². The molecule has 3 aromatic rings. The third kappa shape index (κ3) is 2.89. The second-order valence-electron chi connectivity index (χ2n) is 7.12. The van der Waals surface area contributed by atoms with E-state index in [9.17, 15) is 4.39 Å². The summed E-state index contributed by atoms with van der Waals surface area (Å²) in [5, 5.41) is 1.37. The molecule has 3 heteroatoms. The summed E-state index contributed by atoms with van der Waals surface area (Å²) in [6.07, 6.45) is 3.28. The average Bonchev–Trinajstić information content (AvgIpc) is 2.88. The summed E-state index contributed by atoms with van der Waals surface area (Å²) in [5.74, 6) is -0.197. The highest BCUT2D eigenvalue weighted by Crippen LogP contribution is 2.32. The number of aromatic nitrogens is 1. The van der Waals surface area contributed by atoms with Gasteiger partial charge in [-0.05, 0) is 68.3 Å². The fraction of sp³-hybridized carbons (Fsp3) is 0.273. The van der Waals surface area contributed by atoms with Crippen LogP contribution in [0.25, 0.3) is 22.7 Å². The fourth-order valence-corrected chi connectivity index (χ4v) is 3.76. The minimum Gasteiger partial charge on any atom is -0.318 e. The van der Waals surface area contributed by atoms with Crippen molar-refractivity contribution in [2.75, 3.05) is 13.6 Å². The van der Waals surface area contributed by atoms with Gasteiger partial charge in [0.05, 0.1) is 5.52 Å². The molecule has 0 fully saturated rings. The maximum Gasteiger partial charge on any atom is 0.123 e. The van der Waals surface area contributed by atoms with Crippen molar-refractivity contribution in [2.24, 2.45) is 0 Å². The SMILES string of the molecule is C/C(=C\n1c2c(c3cc(C)ccc31)CCN(C)C2)c1ccc(F)cc1. The summed E-state index contributed by atoms with van der Waals surface area (Å²) in [4.78, 5) is 2.37. The molecule has 1 aliphatic rings. The predicted octanol–water partition coefficient (Wildman–Crippen LogP) is 5.09. The number of nitrogens with zero attached hydrogens (tertiary/aromatic N) is 2. The molecule has 0 bridgehead atoms. The first-order valence-electron chi connectivity index (χ1n) is 8.78. The molecule has 1 aliphatic heterocycles. The molecule has 0 aliphatic carbocycles. The molecular formula is C22H23FN2. The zero-order valence-corrected chi connectivity index (χ0v) is 15.0. The van der Waals surface area contributed by atoms with E-state index < -0.39 is 0 Å². The number of halogens is 1. The summed E-state index contributed by atoms with van der Waals surface area (Å²) >= 11 is 0. The van der Waals surface area contributed by atoms with Crippen molar-refractivity contribution >= 4 is 22.7 Å². The molecule has 1 aromatic heterocycles. The molecule has 2 aromatic carbocycles. The second kappa shape index (κ2) is 6.16. The lowest BCUT2D eigenvalue weighted by molar-refractivity contribution is 0.308. The van der Waals surface area contributed by atoms with Gasteiger partial charge >= 0.3 is 0 Å². The Morgan fingerprint density at radius 2 is 1.88 bits per heavy atom. The highest BCUT2D eigenvalue weighted by Gasteiger charge is 2.21. The first-order chi connectivity index (χ1) is 12.0. The summed E-state index contributed by atoms with van der Waals surface area (Å²) in [5.41, 5.74) is 7.58. The number of likely N-dealkylation sites (N-methyl/N-ethyl adjacent to an activating group) is 1. The Morgan fingerprint density at radius 1 is 1.12 bits per heavy atom. The Labute approximate surface area is 148 Å². The lowest BCUT2D eigenvalue weighted by Gasteiger charge is -2.24. The summed E-state index contributed by atoms with van der Waals surface area (Å²) < 4.78 is 15.5. The maximum absolute atomic E-state index is 13.2. The summed E-state index contributed by atoms with van der Waals surface area (Å²) in [6.45, 7) is 6.29. The first kappa shape index (κ1) is 16.1. The largest absolute Gasteiger partial charge is 0.318 e. The van der Waals surface area contributed by atoms with Crippen LogP contribution in [0.1, 0.15) is 29.3 Å². The van der Waals surface area contributed by atoms with E-state index in [0.29, 0.717) is 0 Å². The lowest BCUT2D eigenvalue weighted by Crippen LogP contribution is -2.27. The van der Waals surface area contributed by atoms with Crippen molar-refractivity contribution in [3.8, 4) is 0 Å². The molecule has 0 radical (unpaired) electrons. The van der Waals surface area contributed by atoms with Crippen LogP contribution in [0, 0.1) is 12.7 Å². The van der Waals surface area contributed by atoms with Crippen LogP contribution in [0.5, 0.6) is 0 Å². The van der Waals surface area contributed by atoms with Crippen LogP contribution in [-0.2, 0) is 13.0 Å². The molecule has 0 saturated carbocycles. The fourth-order valence-electron chi connectivity index (χ4n) is 3.76. The van der Waals surface area contributed by atoms with Crippen LogP contribution in [0.3, 0.4) is 0 Å². The molecule has 0 N–H and O–H groups in total. The molecule has 0 unspecified atom stereocenters. The van der Waals surface area contributed by atoms with Gasteiger partial charge in [0.15, 0.2) is 0 Å². The van der Waals surface area contributed by atoms with E-state index in [1.807, 2.05) is 12.1 Å². The van der Waals surface area contributed by atoms with E-state index >= 15 is 0 Å². The third-order valence-corrected chi connectivity index (χ3v) is 5.16. The topological polar surface area (TPSA) is 8.17 Å². The quantitative estimate of drug-likeness (QED) is 0.633. The molecule has 0 spiro atoms. The number of rotatable bonds is 2. The third-order valence-electron chi connectivity index (χ3n) is 5.16. The number of aryl methyl sites for hydroxylation is 1. The van der Waals surface area contributed by atoms with Crippen molar-refractivity contribution in [2.45, 2.75) is 26.8 Å². The zero-order valence-electron chi connectivity index (χ0n) is 15.0. The Bertz CT molecular complexity index is 964. The van der Waals surface area contributed by atoms with Crippen LogP contribution < -0.4 is 0 Å². The number of benzene rings is 2. The van der Waals surface area contributed by atoms with Crippen LogP contribution >= 0.6 is 0 Å². The van der Waals surface area contributed by atoms with Gasteiger partial charge in [-0.1, -0.05) is 23.8 Å². The maximum atomic E-state index is 13.2. The normalized spacial score (nSPS) is 15.6. The zero-order chi connectivity index (χ0) is 17.6. The van der Waals surface area contributed by atoms with E-state index in [0.717, 1.165) is 30.6 Å². The standard InChI is InChI=1S/C22H23FN2/c1-15-4-9-21-20(12-15)19-10-11-24(3)14-22(19)25(21)13-16(2)17-5-7-18(23)8-6-17/h4-9,12-13H,10-11,14H2,1-3H3/b16-13+. The number of hydrogen-bond acceptors (Lipinski definition) is 1. The van der Waals surface area contributed by atoms with E-state index in [4.69, 9.17) is 0 Å². The van der Waals surface area contributed by atoms with Crippen molar-refractivity contribution in [1.82, 2.24) is 9.47 Å². The molecule has 4 rings (SSSR count). The van der Waals surface area contributed by atoms with Crippen molar-refractivity contribution in [3.63, 3.8) is 0 Å². The van der Waals surface area contributed by atoms with Crippen LogP contribution in [-0.4, -0.2) is 23.1 Å². The van der Waals surface area contributed by atoms with Gasteiger partial charge in [0.2, 0.25) is 0 Å². The smallest absolute Gasteiger partial charge is 0.123 e. The molecule has 2 nitrogen and oxygen atoms in total. The highest BCUT2D eigenvalue weighted by atomic mass is 19.1. The minimum absolute atomic E-state index is 0.197. The van der Waals surface area contributed by atoms with Crippen LogP contribution in [0.4, 0.5) is 4.39 Å².